The van der Waals surface area contributed by atoms with E-state index in [-0.39, 0.29) is 12.8 Å². The molecule has 196 valence electrons. The highest BCUT2D eigenvalue weighted by Gasteiger charge is 2.38. The number of aromatic nitrogens is 2. The van der Waals surface area contributed by atoms with Crippen molar-refractivity contribution >= 4 is 12.1 Å². The van der Waals surface area contributed by atoms with E-state index in [1.165, 1.54) is 0 Å². The summed E-state index contributed by atoms with van der Waals surface area (Å²) in [5.41, 5.74) is 2.39. The summed E-state index contributed by atoms with van der Waals surface area (Å²) < 4.78 is 7.41. The summed E-state index contributed by atoms with van der Waals surface area (Å²) in [5.74, 6) is -1.02. The second-order valence-corrected chi connectivity index (χ2v) is 10.2. The fourth-order valence-corrected chi connectivity index (χ4v) is 4.75. The van der Waals surface area contributed by atoms with Gasteiger partial charge in [0.25, 0.3) is 0 Å². The molecule has 1 atom stereocenters. The van der Waals surface area contributed by atoms with Crippen LogP contribution in [0.1, 0.15) is 49.6 Å². The number of rotatable bonds is 9. The van der Waals surface area contributed by atoms with Gasteiger partial charge in [0, 0.05) is 18.7 Å². The van der Waals surface area contributed by atoms with Gasteiger partial charge in [-0.05, 0) is 37.5 Å². The molecule has 1 aromatic heterocycles. The number of imidazole rings is 1. The summed E-state index contributed by atoms with van der Waals surface area (Å²) in [7, 11) is 0. The van der Waals surface area contributed by atoms with E-state index in [0.29, 0.717) is 5.69 Å². The molecule has 7 nitrogen and oxygen atoms in total. The number of nitrogens with zero attached hydrogens (tertiary/aromatic N) is 2. The van der Waals surface area contributed by atoms with Gasteiger partial charge in [0.05, 0.1) is 18.4 Å². The molecule has 1 heterocycles. The summed E-state index contributed by atoms with van der Waals surface area (Å²) in [6, 6.07) is 29.9. The number of benzene rings is 3. The Morgan fingerprint density at radius 3 is 1.76 bits per heavy atom. The number of ether oxygens (including phenoxy) is 1. The first-order valence-electron chi connectivity index (χ1n) is 12.6. The molecule has 0 aliphatic carbocycles. The summed E-state index contributed by atoms with van der Waals surface area (Å²) in [5, 5.41) is 12.2. The van der Waals surface area contributed by atoms with Crippen LogP contribution in [0.2, 0.25) is 0 Å². The minimum Gasteiger partial charge on any atom is -0.481 e. The van der Waals surface area contributed by atoms with Crippen LogP contribution in [-0.2, 0) is 21.5 Å². The number of carboxylic acid groups (broad SMARTS) is 1. The SMILES string of the molecule is CC(C)(C)OC(=O)N[C@H](CC(=O)O)Cc1cn(C(c2ccccc2)(c2ccccc2)c2ccccc2)cn1. The van der Waals surface area contributed by atoms with Gasteiger partial charge < -0.3 is 19.7 Å². The molecule has 4 aromatic rings. The van der Waals surface area contributed by atoms with Crippen LogP contribution in [0.4, 0.5) is 4.79 Å². The topological polar surface area (TPSA) is 93.5 Å². The van der Waals surface area contributed by atoms with Gasteiger partial charge in [-0.3, -0.25) is 4.79 Å². The number of aliphatic carboxylic acids is 1. The van der Waals surface area contributed by atoms with E-state index >= 15 is 0 Å². The van der Waals surface area contributed by atoms with E-state index in [9.17, 15) is 14.7 Å². The van der Waals surface area contributed by atoms with Crippen LogP contribution in [0.15, 0.2) is 104 Å². The number of hydrogen-bond donors (Lipinski definition) is 2. The van der Waals surface area contributed by atoms with Gasteiger partial charge in [0.15, 0.2) is 0 Å². The molecule has 2 N–H and O–H groups in total. The minimum atomic E-state index is -1.02. The predicted octanol–water partition coefficient (Wildman–Crippen LogP) is 5.63. The van der Waals surface area contributed by atoms with Crippen molar-refractivity contribution in [3.63, 3.8) is 0 Å². The lowest BCUT2D eigenvalue weighted by molar-refractivity contribution is -0.137. The molecule has 0 bridgehead atoms. The monoisotopic (exact) mass is 511 g/mol. The Morgan fingerprint density at radius 2 is 1.34 bits per heavy atom. The molecule has 0 aliphatic rings. The van der Waals surface area contributed by atoms with E-state index < -0.39 is 29.2 Å². The van der Waals surface area contributed by atoms with Gasteiger partial charge >= 0.3 is 12.1 Å². The Labute approximate surface area is 223 Å². The number of alkyl carbamates (subject to hydrolysis) is 1. The van der Waals surface area contributed by atoms with Crippen molar-refractivity contribution in [3.8, 4) is 0 Å². The van der Waals surface area contributed by atoms with Gasteiger partial charge in [-0.1, -0.05) is 91.0 Å². The fraction of sp³-hybridized carbons (Fsp3) is 0.258. The Balaban J connectivity index is 1.77. The quantitative estimate of drug-likeness (QED) is 0.284. The van der Waals surface area contributed by atoms with Crippen LogP contribution < -0.4 is 5.32 Å². The van der Waals surface area contributed by atoms with Crippen molar-refractivity contribution in [2.45, 2.75) is 50.8 Å². The van der Waals surface area contributed by atoms with Crippen LogP contribution in [-0.4, -0.2) is 38.4 Å². The second kappa shape index (κ2) is 11.3. The van der Waals surface area contributed by atoms with Crippen molar-refractivity contribution in [1.82, 2.24) is 14.9 Å². The largest absolute Gasteiger partial charge is 0.481 e. The molecule has 7 heteroatoms. The number of carbonyl (C=O) groups is 2. The van der Waals surface area contributed by atoms with E-state index in [4.69, 9.17) is 4.74 Å². The second-order valence-electron chi connectivity index (χ2n) is 10.2. The third-order valence-electron chi connectivity index (χ3n) is 6.20. The van der Waals surface area contributed by atoms with Gasteiger partial charge in [0.1, 0.15) is 11.1 Å². The third kappa shape index (κ3) is 6.11. The van der Waals surface area contributed by atoms with E-state index in [0.717, 1.165) is 16.7 Å². The summed E-state index contributed by atoms with van der Waals surface area (Å²) in [4.78, 5) is 28.6. The van der Waals surface area contributed by atoms with Gasteiger partial charge in [-0.15, -0.1) is 0 Å². The molecular weight excluding hydrogens is 478 g/mol. The van der Waals surface area contributed by atoms with Crippen LogP contribution in [0.5, 0.6) is 0 Å². The van der Waals surface area contributed by atoms with E-state index in [2.05, 4.69) is 51.3 Å². The molecule has 0 saturated carbocycles. The molecule has 38 heavy (non-hydrogen) atoms. The lowest BCUT2D eigenvalue weighted by Gasteiger charge is -2.37. The van der Waals surface area contributed by atoms with Crippen molar-refractivity contribution < 1.29 is 19.4 Å². The molecule has 0 unspecified atom stereocenters. The normalized spacial score (nSPS) is 12.5. The maximum absolute atomic E-state index is 12.4. The van der Waals surface area contributed by atoms with Crippen LogP contribution in [0.3, 0.4) is 0 Å². The molecular formula is C31H33N3O4. The summed E-state index contributed by atoms with van der Waals surface area (Å²) in [6.07, 6.45) is 3.02. The van der Waals surface area contributed by atoms with Crippen molar-refractivity contribution in [1.29, 1.82) is 0 Å². The number of amides is 1. The highest BCUT2D eigenvalue weighted by molar-refractivity contribution is 5.71. The maximum atomic E-state index is 12.4. The van der Waals surface area contributed by atoms with Crippen molar-refractivity contribution in [2.24, 2.45) is 0 Å². The maximum Gasteiger partial charge on any atom is 0.407 e. The Bertz CT molecular complexity index is 1250. The molecule has 0 fully saturated rings. The van der Waals surface area contributed by atoms with E-state index in [1.807, 2.05) is 60.8 Å². The lowest BCUT2D eigenvalue weighted by Crippen LogP contribution is -2.41. The molecule has 0 aliphatic heterocycles. The van der Waals surface area contributed by atoms with Crippen LogP contribution in [0, 0.1) is 0 Å². The molecule has 0 radical (unpaired) electrons. The Kier molecular flexibility index (Phi) is 7.96. The molecule has 4 rings (SSSR count). The first-order valence-corrected chi connectivity index (χ1v) is 12.6. The summed E-state index contributed by atoms with van der Waals surface area (Å²) in [6.45, 7) is 5.28. The number of carboxylic acids is 1. The number of nitrogens with one attached hydrogen (secondary N) is 1. The van der Waals surface area contributed by atoms with Gasteiger partial charge in [0.2, 0.25) is 0 Å². The third-order valence-corrected chi connectivity index (χ3v) is 6.20. The van der Waals surface area contributed by atoms with Crippen molar-refractivity contribution in [3.05, 3.63) is 126 Å². The van der Waals surface area contributed by atoms with Gasteiger partial charge in [-0.25, -0.2) is 9.78 Å². The molecule has 0 spiro atoms. The summed E-state index contributed by atoms with van der Waals surface area (Å²) >= 11 is 0. The highest BCUT2D eigenvalue weighted by atomic mass is 16.6. The Morgan fingerprint density at radius 1 is 0.868 bits per heavy atom. The van der Waals surface area contributed by atoms with Gasteiger partial charge in [-0.2, -0.15) is 0 Å². The zero-order valence-electron chi connectivity index (χ0n) is 21.9. The molecule has 1 amide bonds. The zero-order chi connectivity index (χ0) is 27.2. The highest BCUT2D eigenvalue weighted by Crippen LogP contribution is 2.40. The van der Waals surface area contributed by atoms with Crippen molar-refractivity contribution in [2.75, 3.05) is 0 Å². The van der Waals surface area contributed by atoms with Crippen LogP contribution >= 0.6 is 0 Å². The lowest BCUT2D eigenvalue weighted by atomic mass is 9.77. The average molecular weight is 512 g/mol. The Hall–Kier alpha value is -4.39. The average Bonchev–Trinajstić information content (AvgIpc) is 3.33. The standard InChI is InChI=1S/C31H33N3O4/c1-30(2,3)38-29(37)33-26(20-28(35)36)19-27-21-34(22-32-27)31(23-13-7-4-8-14-23,24-15-9-5-10-16-24)25-17-11-6-12-18-25/h4-18,21-22,26H,19-20H2,1-3H3,(H,33,37)(H,35,36)/t26-/m0/s1. The first kappa shape index (κ1) is 26.7. The first-order chi connectivity index (χ1) is 18.2. The van der Waals surface area contributed by atoms with Crippen LogP contribution in [0.25, 0.3) is 0 Å². The molecule has 0 saturated heterocycles. The smallest absolute Gasteiger partial charge is 0.407 e. The van der Waals surface area contributed by atoms with E-state index in [1.54, 1.807) is 27.1 Å². The number of carbonyl (C=O) groups excluding carboxylic acids is 1. The fourth-order valence-electron chi connectivity index (χ4n) is 4.75. The molecule has 3 aromatic carbocycles. The zero-order valence-corrected chi connectivity index (χ0v) is 21.9. The number of hydrogen-bond acceptors (Lipinski definition) is 4. The predicted molar refractivity (Wildman–Crippen MR) is 146 cm³/mol. The minimum absolute atomic E-state index is 0.229.